The summed E-state index contributed by atoms with van der Waals surface area (Å²) in [5.41, 5.74) is 1.04. The SMILES string of the molecule is CC(C)OC(=O)C(C(=O)OC(C)C)[C@@H](Nc1ccc(S(=O)(=O)Nc2ccccn2)cc1)c1ccc(Cl)cc1. The number of anilines is 2. The van der Waals surface area contributed by atoms with Gasteiger partial charge >= 0.3 is 11.9 Å². The van der Waals surface area contributed by atoms with Crippen molar-refractivity contribution in [3.05, 3.63) is 83.5 Å². The van der Waals surface area contributed by atoms with Crippen LogP contribution in [0.1, 0.15) is 39.3 Å². The molecule has 0 saturated carbocycles. The molecule has 0 bridgehead atoms. The first kappa shape index (κ1) is 28.9. The molecule has 1 heterocycles. The van der Waals surface area contributed by atoms with Gasteiger partial charge in [0.25, 0.3) is 10.0 Å². The molecule has 0 unspecified atom stereocenters. The fourth-order valence-corrected chi connectivity index (χ4v) is 4.67. The number of carbonyl (C=O) groups excluding carboxylic acids is 2. The number of hydrogen-bond donors (Lipinski definition) is 2. The van der Waals surface area contributed by atoms with Crippen LogP contribution in [0.2, 0.25) is 5.02 Å². The van der Waals surface area contributed by atoms with Crippen LogP contribution >= 0.6 is 11.6 Å². The molecular formula is C27H30ClN3O6S. The van der Waals surface area contributed by atoms with Crippen molar-refractivity contribution >= 4 is 45.1 Å². The fourth-order valence-electron chi connectivity index (χ4n) is 3.54. The summed E-state index contributed by atoms with van der Waals surface area (Å²) in [6.45, 7) is 6.74. The minimum absolute atomic E-state index is 0.00623. The molecule has 202 valence electrons. The van der Waals surface area contributed by atoms with Gasteiger partial charge in [0.05, 0.1) is 23.1 Å². The van der Waals surface area contributed by atoms with E-state index in [1.807, 2.05) is 0 Å². The van der Waals surface area contributed by atoms with Crippen molar-refractivity contribution in [1.82, 2.24) is 4.98 Å². The topological polar surface area (TPSA) is 124 Å². The second kappa shape index (κ2) is 12.7. The molecule has 3 rings (SSSR count). The molecule has 2 N–H and O–H groups in total. The Morgan fingerprint density at radius 3 is 1.92 bits per heavy atom. The van der Waals surface area contributed by atoms with Gasteiger partial charge in [-0.1, -0.05) is 29.8 Å². The van der Waals surface area contributed by atoms with Gasteiger partial charge in [0, 0.05) is 16.9 Å². The van der Waals surface area contributed by atoms with Crippen LogP contribution in [-0.2, 0) is 29.1 Å². The van der Waals surface area contributed by atoms with Crippen LogP contribution in [-0.4, -0.2) is 37.5 Å². The Morgan fingerprint density at radius 2 is 1.42 bits per heavy atom. The maximum absolute atomic E-state index is 13.1. The number of nitrogens with zero attached hydrogens (tertiary/aromatic N) is 1. The standard InChI is InChI=1S/C27H30ClN3O6S/c1-17(2)36-26(32)24(27(33)37-18(3)4)25(19-8-10-20(28)11-9-19)30-21-12-14-22(15-13-21)38(34,35)31-23-7-5-6-16-29-23/h5-18,24-25,30H,1-4H3,(H,29,31)/t25-/m0/s1. The molecule has 0 saturated heterocycles. The van der Waals surface area contributed by atoms with Gasteiger partial charge in [-0.05, 0) is 81.8 Å². The van der Waals surface area contributed by atoms with Gasteiger partial charge < -0.3 is 14.8 Å². The summed E-state index contributed by atoms with van der Waals surface area (Å²) in [6, 6.07) is 16.5. The number of nitrogens with one attached hydrogen (secondary N) is 2. The number of pyridine rings is 1. The van der Waals surface area contributed by atoms with Crippen LogP contribution in [0.4, 0.5) is 11.5 Å². The van der Waals surface area contributed by atoms with E-state index in [2.05, 4.69) is 15.0 Å². The summed E-state index contributed by atoms with van der Waals surface area (Å²) < 4.78 is 38.8. The number of rotatable bonds is 11. The van der Waals surface area contributed by atoms with Gasteiger partial charge in [-0.15, -0.1) is 0 Å². The smallest absolute Gasteiger partial charge is 0.323 e. The van der Waals surface area contributed by atoms with Crippen molar-refractivity contribution in [2.75, 3.05) is 10.0 Å². The highest BCUT2D eigenvalue weighted by atomic mass is 35.5. The number of sulfonamides is 1. The molecule has 1 aromatic heterocycles. The van der Waals surface area contributed by atoms with Crippen molar-refractivity contribution in [2.45, 2.75) is 50.8 Å². The number of aromatic nitrogens is 1. The predicted octanol–water partition coefficient (Wildman–Crippen LogP) is 5.21. The van der Waals surface area contributed by atoms with Crippen LogP contribution in [0.3, 0.4) is 0 Å². The lowest BCUT2D eigenvalue weighted by molar-refractivity contribution is -0.167. The highest BCUT2D eigenvalue weighted by Gasteiger charge is 2.39. The molecule has 1 atom stereocenters. The first-order chi connectivity index (χ1) is 18.0. The zero-order chi connectivity index (χ0) is 27.9. The molecule has 0 spiro atoms. The molecule has 11 heteroatoms. The number of hydrogen-bond acceptors (Lipinski definition) is 8. The third-order valence-corrected chi connectivity index (χ3v) is 6.79. The molecule has 0 aliphatic rings. The molecule has 3 aromatic rings. The lowest BCUT2D eigenvalue weighted by atomic mass is 9.92. The second-order valence-electron chi connectivity index (χ2n) is 8.97. The van der Waals surface area contributed by atoms with Crippen molar-refractivity contribution < 1.29 is 27.5 Å². The Morgan fingerprint density at radius 1 is 0.842 bits per heavy atom. The van der Waals surface area contributed by atoms with E-state index in [-0.39, 0.29) is 10.7 Å². The summed E-state index contributed by atoms with van der Waals surface area (Å²) in [4.78, 5) is 30.2. The maximum Gasteiger partial charge on any atom is 0.323 e. The van der Waals surface area contributed by atoms with E-state index in [0.29, 0.717) is 16.3 Å². The van der Waals surface area contributed by atoms with Crippen molar-refractivity contribution in [1.29, 1.82) is 0 Å². The number of ether oxygens (including phenoxy) is 2. The molecular weight excluding hydrogens is 530 g/mol. The van der Waals surface area contributed by atoms with E-state index in [4.69, 9.17) is 21.1 Å². The van der Waals surface area contributed by atoms with Gasteiger partial charge in [-0.2, -0.15) is 0 Å². The highest BCUT2D eigenvalue weighted by molar-refractivity contribution is 7.92. The molecule has 0 aliphatic heterocycles. The first-order valence-electron chi connectivity index (χ1n) is 11.9. The lowest BCUT2D eigenvalue weighted by Crippen LogP contribution is -2.38. The van der Waals surface area contributed by atoms with E-state index in [1.54, 1.807) is 64.1 Å². The van der Waals surface area contributed by atoms with Gasteiger partial charge in [-0.3, -0.25) is 14.3 Å². The summed E-state index contributed by atoms with van der Waals surface area (Å²) in [5, 5.41) is 3.66. The van der Waals surface area contributed by atoms with Crippen LogP contribution in [0, 0.1) is 5.92 Å². The summed E-state index contributed by atoms with van der Waals surface area (Å²) in [6.07, 6.45) is 0.560. The summed E-state index contributed by atoms with van der Waals surface area (Å²) >= 11 is 6.07. The minimum atomic E-state index is -3.89. The third kappa shape index (κ3) is 7.93. The Balaban J connectivity index is 1.95. The Hall–Kier alpha value is -3.63. The molecule has 0 aliphatic carbocycles. The minimum Gasteiger partial charge on any atom is -0.462 e. The van der Waals surface area contributed by atoms with Crippen molar-refractivity contribution in [3.8, 4) is 0 Å². The average molecular weight is 560 g/mol. The molecule has 2 aromatic carbocycles. The summed E-state index contributed by atoms with van der Waals surface area (Å²) in [7, 11) is -3.89. The Kier molecular flexibility index (Phi) is 9.71. The van der Waals surface area contributed by atoms with E-state index >= 15 is 0 Å². The number of halogens is 1. The number of esters is 2. The van der Waals surface area contributed by atoms with E-state index in [0.717, 1.165) is 0 Å². The largest absolute Gasteiger partial charge is 0.462 e. The molecule has 0 fully saturated rings. The quantitative estimate of drug-likeness (QED) is 0.242. The molecule has 0 radical (unpaired) electrons. The van der Waals surface area contributed by atoms with Gasteiger partial charge in [0.2, 0.25) is 0 Å². The zero-order valence-corrected chi connectivity index (χ0v) is 23.0. The van der Waals surface area contributed by atoms with Crippen LogP contribution in [0.25, 0.3) is 0 Å². The first-order valence-corrected chi connectivity index (χ1v) is 13.8. The van der Waals surface area contributed by atoms with Gasteiger partial charge in [0.15, 0.2) is 5.92 Å². The van der Waals surface area contributed by atoms with E-state index in [1.165, 1.54) is 36.5 Å². The third-order valence-electron chi connectivity index (χ3n) is 5.16. The lowest BCUT2D eigenvalue weighted by Gasteiger charge is -2.28. The number of carbonyl (C=O) groups is 2. The molecule has 0 amide bonds. The maximum atomic E-state index is 13.1. The second-order valence-corrected chi connectivity index (χ2v) is 11.1. The average Bonchev–Trinajstić information content (AvgIpc) is 2.84. The highest BCUT2D eigenvalue weighted by Crippen LogP contribution is 2.31. The van der Waals surface area contributed by atoms with E-state index < -0.39 is 46.1 Å². The van der Waals surface area contributed by atoms with Crippen molar-refractivity contribution in [2.24, 2.45) is 5.92 Å². The molecule has 38 heavy (non-hydrogen) atoms. The predicted molar refractivity (Wildman–Crippen MR) is 145 cm³/mol. The fraction of sp³-hybridized carbons (Fsp3) is 0.296. The Labute approximate surface area is 227 Å². The monoisotopic (exact) mass is 559 g/mol. The van der Waals surface area contributed by atoms with E-state index in [9.17, 15) is 18.0 Å². The van der Waals surface area contributed by atoms with Crippen LogP contribution in [0.15, 0.2) is 77.8 Å². The Bertz CT molecular complexity index is 1310. The van der Waals surface area contributed by atoms with Gasteiger partial charge in [0.1, 0.15) is 5.82 Å². The summed E-state index contributed by atoms with van der Waals surface area (Å²) in [5.74, 6) is -2.67. The zero-order valence-electron chi connectivity index (χ0n) is 21.4. The van der Waals surface area contributed by atoms with Crippen LogP contribution < -0.4 is 10.0 Å². The normalized spacial score (nSPS) is 12.3. The van der Waals surface area contributed by atoms with Gasteiger partial charge in [-0.25, -0.2) is 13.4 Å². The van der Waals surface area contributed by atoms with Crippen molar-refractivity contribution in [3.63, 3.8) is 0 Å². The van der Waals surface area contributed by atoms with Crippen LogP contribution in [0.5, 0.6) is 0 Å². The molecule has 9 nitrogen and oxygen atoms in total. The number of benzene rings is 2.